The second-order valence-corrected chi connectivity index (χ2v) is 5.33. The lowest BCUT2D eigenvalue weighted by Crippen LogP contribution is -1.89. The number of nitrogens with zero attached hydrogens (tertiary/aromatic N) is 4. The van der Waals surface area contributed by atoms with Gasteiger partial charge < -0.3 is 9.09 Å². The highest BCUT2D eigenvalue weighted by Crippen LogP contribution is 2.26. The third kappa shape index (κ3) is 2.58. The molecule has 0 aliphatic rings. The Morgan fingerprint density at radius 2 is 2.14 bits per heavy atom. The van der Waals surface area contributed by atoms with Gasteiger partial charge in [-0.2, -0.15) is 10.2 Å². The summed E-state index contributed by atoms with van der Waals surface area (Å²) in [4.78, 5) is 4.25. The minimum Gasteiger partial charge on any atom is -0.345 e. The van der Waals surface area contributed by atoms with Crippen LogP contribution in [0.3, 0.4) is 0 Å². The van der Waals surface area contributed by atoms with Crippen molar-refractivity contribution in [3.63, 3.8) is 0 Å². The van der Waals surface area contributed by atoms with E-state index in [2.05, 4.69) is 26.1 Å². The first-order valence-corrected chi connectivity index (χ1v) is 6.73. The van der Waals surface area contributed by atoms with E-state index in [1.54, 1.807) is 29.9 Å². The van der Waals surface area contributed by atoms with Crippen LogP contribution in [0.5, 0.6) is 0 Å². The summed E-state index contributed by atoms with van der Waals surface area (Å²) in [5, 5.41) is 12.7. The summed E-state index contributed by atoms with van der Waals surface area (Å²) in [6.07, 6.45) is 1.66. The Kier molecular flexibility index (Phi) is 3.31. The average molecular weight is 347 g/mol. The highest BCUT2D eigenvalue weighted by molar-refractivity contribution is 9.10. The van der Waals surface area contributed by atoms with Crippen LogP contribution < -0.4 is 0 Å². The first-order valence-electron chi connectivity index (χ1n) is 5.94. The summed E-state index contributed by atoms with van der Waals surface area (Å²) in [5.41, 5.74) is 1.63. The zero-order valence-electron chi connectivity index (χ0n) is 10.8. The SMILES string of the molecule is Cn1cc(C#N)cc1-c1nc(-c2cc(F)cc(Br)c2)no1. The number of benzene rings is 1. The van der Waals surface area contributed by atoms with E-state index in [1.165, 1.54) is 12.1 Å². The lowest BCUT2D eigenvalue weighted by molar-refractivity contribution is 0.429. The van der Waals surface area contributed by atoms with Crippen LogP contribution in [0.1, 0.15) is 5.56 Å². The molecule has 1 aromatic carbocycles. The molecule has 5 nitrogen and oxygen atoms in total. The minimum atomic E-state index is -0.392. The number of halogens is 2. The Labute approximate surface area is 127 Å². The van der Waals surface area contributed by atoms with E-state index in [1.807, 2.05) is 6.07 Å². The third-order valence-electron chi connectivity index (χ3n) is 2.90. The predicted molar refractivity (Wildman–Crippen MR) is 76.5 cm³/mol. The van der Waals surface area contributed by atoms with Gasteiger partial charge in [0.2, 0.25) is 5.82 Å². The van der Waals surface area contributed by atoms with Crippen molar-refractivity contribution in [3.05, 3.63) is 46.3 Å². The Morgan fingerprint density at radius 3 is 2.81 bits per heavy atom. The summed E-state index contributed by atoms with van der Waals surface area (Å²) in [7, 11) is 1.78. The number of aromatic nitrogens is 3. The highest BCUT2D eigenvalue weighted by Gasteiger charge is 2.15. The number of aryl methyl sites for hydroxylation is 1. The van der Waals surface area contributed by atoms with Gasteiger partial charge in [-0.15, -0.1) is 0 Å². The zero-order chi connectivity index (χ0) is 15.0. The maximum absolute atomic E-state index is 13.4. The first-order chi connectivity index (χ1) is 10.1. The van der Waals surface area contributed by atoms with Crippen molar-refractivity contribution in [2.45, 2.75) is 0 Å². The summed E-state index contributed by atoms with van der Waals surface area (Å²) in [6.45, 7) is 0. The second-order valence-electron chi connectivity index (χ2n) is 4.42. The molecule has 104 valence electrons. The quantitative estimate of drug-likeness (QED) is 0.711. The molecule has 21 heavy (non-hydrogen) atoms. The fraction of sp³-hybridized carbons (Fsp3) is 0.0714. The van der Waals surface area contributed by atoms with Crippen molar-refractivity contribution in [3.8, 4) is 29.0 Å². The summed E-state index contributed by atoms with van der Waals surface area (Å²) in [6, 6.07) is 8.07. The molecule has 0 saturated heterocycles. The molecule has 0 aliphatic carbocycles. The Hall–Kier alpha value is -2.46. The fourth-order valence-corrected chi connectivity index (χ4v) is 2.43. The standard InChI is InChI=1S/C14H8BrFN4O/c1-20-7-8(6-17)2-12(20)14-18-13(19-21-14)9-3-10(15)5-11(16)4-9/h2-5,7H,1H3. The smallest absolute Gasteiger partial charge is 0.274 e. The Bertz CT molecular complexity index is 842. The molecule has 2 heterocycles. The van der Waals surface area contributed by atoms with Gasteiger partial charge in [-0.1, -0.05) is 21.1 Å². The van der Waals surface area contributed by atoms with E-state index in [4.69, 9.17) is 9.78 Å². The van der Waals surface area contributed by atoms with Crippen molar-refractivity contribution in [1.82, 2.24) is 14.7 Å². The van der Waals surface area contributed by atoms with E-state index in [-0.39, 0.29) is 11.7 Å². The molecular formula is C14H8BrFN4O. The number of hydrogen-bond donors (Lipinski definition) is 0. The van der Waals surface area contributed by atoms with Crippen LogP contribution in [0.15, 0.2) is 39.5 Å². The van der Waals surface area contributed by atoms with Gasteiger partial charge in [-0.3, -0.25) is 0 Å². The fourth-order valence-electron chi connectivity index (χ4n) is 1.97. The molecule has 0 bridgehead atoms. The van der Waals surface area contributed by atoms with Crippen LogP contribution in [0.25, 0.3) is 23.0 Å². The first kappa shape index (κ1) is 13.5. The molecule has 0 radical (unpaired) electrons. The van der Waals surface area contributed by atoms with E-state index in [9.17, 15) is 4.39 Å². The normalized spacial score (nSPS) is 10.6. The maximum Gasteiger partial charge on any atom is 0.274 e. The maximum atomic E-state index is 13.4. The molecule has 3 rings (SSSR count). The largest absolute Gasteiger partial charge is 0.345 e. The Morgan fingerprint density at radius 1 is 1.33 bits per heavy atom. The van der Waals surface area contributed by atoms with Crippen LogP contribution >= 0.6 is 15.9 Å². The van der Waals surface area contributed by atoms with Crippen LogP contribution in [-0.2, 0) is 7.05 Å². The molecular weight excluding hydrogens is 339 g/mol. The van der Waals surface area contributed by atoms with Gasteiger partial charge in [0.05, 0.1) is 5.56 Å². The van der Waals surface area contributed by atoms with Crippen LogP contribution in [0, 0.1) is 17.1 Å². The van der Waals surface area contributed by atoms with Gasteiger partial charge in [-0.25, -0.2) is 4.39 Å². The topological polar surface area (TPSA) is 67.6 Å². The highest BCUT2D eigenvalue weighted by atomic mass is 79.9. The van der Waals surface area contributed by atoms with E-state index >= 15 is 0 Å². The van der Waals surface area contributed by atoms with Crippen molar-refractivity contribution >= 4 is 15.9 Å². The molecule has 0 fully saturated rings. The number of hydrogen-bond acceptors (Lipinski definition) is 4. The molecule has 0 N–H and O–H groups in total. The predicted octanol–water partition coefficient (Wildman–Crippen LogP) is 3.52. The van der Waals surface area contributed by atoms with E-state index < -0.39 is 5.82 Å². The molecule has 7 heteroatoms. The van der Waals surface area contributed by atoms with Gasteiger partial charge in [0.1, 0.15) is 17.6 Å². The molecule has 2 aromatic heterocycles. The number of nitriles is 1. The van der Waals surface area contributed by atoms with Crippen molar-refractivity contribution in [1.29, 1.82) is 5.26 Å². The molecule has 0 saturated carbocycles. The summed E-state index contributed by atoms with van der Waals surface area (Å²) >= 11 is 3.22. The van der Waals surface area contributed by atoms with Crippen molar-refractivity contribution in [2.75, 3.05) is 0 Å². The van der Waals surface area contributed by atoms with E-state index in [0.717, 1.165) is 0 Å². The second kappa shape index (κ2) is 5.14. The van der Waals surface area contributed by atoms with Crippen LogP contribution in [0.2, 0.25) is 0 Å². The molecule has 0 aliphatic heterocycles. The molecule has 0 atom stereocenters. The summed E-state index contributed by atoms with van der Waals surface area (Å²) in [5.74, 6) is 0.163. The van der Waals surface area contributed by atoms with Crippen LogP contribution in [-0.4, -0.2) is 14.7 Å². The molecule has 3 aromatic rings. The Balaban J connectivity index is 2.03. The molecule has 0 unspecified atom stereocenters. The van der Waals surface area contributed by atoms with Gasteiger partial charge >= 0.3 is 0 Å². The lowest BCUT2D eigenvalue weighted by atomic mass is 10.2. The monoisotopic (exact) mass is 346 g/mol. The van der Waals surface area contributed by atoms with Crippen molar-refractivity contribution < 1.29 is 8.91 Å². The zero-order valence-corrected chi connectivity index (χ0v) is 12.4. The van der Waals surface area contributed by atoms with Crippen molar-refractivity contribution in [2.24, 2.45) is 7.05 Å². The lowest BCUT2D eigenvalue weighted by Gasteiger charge is -1.97. The summed E-state index contributed by atoms with van der Waals surface area (Å²) < 4.78 is 20.9. The van der Waals surface area contributed by atoms with Crippen LogP contribution in [0.4, 0.5) is 4.39 Å². The van der Waals surface area contributed by atoms with Gasteiger partial charge in [-0.05, 0) is 24.3 Å². The van der Waals surface area contributed by atoms with Gasteiger partial charge in [0.25, 0.3) is 5.89 Å². The van der Waals surface area contributed by atoms with E-state index in [0.29, 0.717) is 21.3 Å². The third-order valence-corrected chi connectivity index (χ3v) is 3.36. The number of rotatable bonds is 2. The molecule has 0 amide bonds. The van der Waals surface area contributed by atoms with Gasteiger partial charge in [0.15, 0.2) is 0 Å². The minimum absolute atomic E-state index is 0.273. The van der Waals surface area contributed by atoms with Gasteiger partial charge in [0, 0.05) is 23.3 Å². The average Bonchev–Trinajstić information content (AvgIpc) is 3.03. The molecule has 0 spiro atoms.